The number of hydrogen-bond donors (Lipinski definition) is 1. The zero-order chi connectivity index (χ0) is 25.0. The molecule has 6 rings (SSSR count). The summed E-state index contributed by atoms with van der Waals surface area (Å²) in [6, 6.07) is 1.93. The van der Waals surface area contributed by atoms with Crippen molar-refractivity contribution in [3.05, 3.63) is 23.5 Å². The standard InChI is InChI=1S/C28H42N4O4/c1-26(2,3)36-25(33)32-12-8-21-24(22(32)6-4-11-31-18-28(19-31)9-5-13-34-28)23(7-10-30-21)35-20-14-27(15-20)16-29-17-27/h7,10,20,22,29H,4-6,8-9,11-19H2,1-3H3. The summed E-state index contributed by atoms with van der Waals surface area (Å²) >= 11 is 0. The van der Waals surface area contributed by atoms with Crippen molar-refractivity contribution in [1.29, 1.82) is 0 Å². The highest BCUT2D eigenvalue weighted by Crippen LogP contribution is 2.47. The fourth-order valence-corrected chi connectivity index (χ4v) is 6.91. The van der Waals surface area contributed by atoms with Gasteiger partial charge in [0.25, 0.3) is 0 Å². The molecule has 1 aromatic rings. The van der Waals surface area contributed by atoms with Crippen molar-refractivity contribution < 1.29 is 19.0 Å². The van der Waals surface area contributed by atoms with Crippen molar-refractivity contribution in [2.24, 2.45) is 5.41 Å². The molecule has 2 spiro atoms. The highest BCUT2D eigenvalue weighted by Gasteiger charge is 2.50. The second-order valence-electron chi connectivity index (χ2n) is 12.8. The zero-order valence-corrected chi connectivity index (χ0v) is 22.2. The van der Waals surface area contributed by atoms with Gasteiger partial charge in [-0.25, -0.2) is 4.79 Å². The SMILES string of the molecule is CC(C)(C)OC(=O)N1CCc2nccc(OC3CC4(CNC4)C3)c2C1CCCN1CC2(CCCO2)C1. The number of ether oxygens (including phenoxy) is 3. The summed E-state index contributed by atoms with van der Waals surface area (Å²) in [6.07, 6.45) is 9.08. The van der Waals surface area contributed by atoms with Crippen LogP contribution in [0.15, 0.2) is 12.3 Å². The Labute approximate surface area is 215 Å². The molecule has 8 nitrogen and oxygen atoms in total. The van der Waals surface area contributed by atoms with Crippen LogP contribution in [-0.4, -0.2) is 84.1 Å². The molecule has 3 saturated heterocycles. The second kappa shape index (κ2) is 9.14. The molecular weight excluding hydrogens is 456 g/mol. The van der Waals surface area contributed by atoms with Gasteiger partial charge in [-0.2, -0.15) is 0 Å². The maximum absolute atomic E-state index is 13.3. The van der Waals surface area contributed by atoms with Gasteiger partial charge in [0.15, 0.2) is 0 Å². The summed E-state index contributed by atoms with van der Waals surface area (Å²) in [5, 5.41) is 3.40. The number of rotatable bonds is 6. The zero-order valence-electron chi connectivity index (χ0n) is 22.2. The van der Waals surface area contributed by atoms with Crippen molar-refractivity contribution in [3.63, 3.8) is 0 Å². The minimum absolute atomic E-state index is 0.0790. The Balaban J connectivity index is 1.17. The van der Waals surface area contributed by atoms with Crippen LogP contribution >= 0.6 is 0 Å². The van der Waals surface area contributed by atoms with Crippen LogP contribution in [0.5, 0.6) is 5.75 Å². The normalized spacial score (nSPS) is 26.8. The van der Waals surface area contributed by atoms with Crippen LogP contribution in [-0.2, 0) is 15.9 Å². The molecule has 1 aliphatic carbocycles. The number of aromatic nitrogens is 1. The maximum Gasteiger partial charge on any atom is 0.410 e. The first-order chi connectivity index (χ1) is 17.2. The number of carbonyl (C=O) groups excluding carboxylic acids is 1. The Morgan fingerprint density at radius 1 is 1.28 bits per heavy atom. The number of nitrogens with zero attached hydrogens (tertiary/aromatic N) is 3. The van der Waals surface area contributed by atoms with Crippen LogP contribution in [0.4, 0.5) is 4.79 Å². The molecule has 0 aromatic carbocycles. The summed E-state index contributed by atoms with van der Waals surface area (Å²) in [4.78, 5) is 22.5. The molecule has 0 radical (unpaired) electrons. The van der Waals surface area contributed by atoms with E-state index in [1.807, 2.05) is 37.9 Å². The van der Waals surface area contributed by atoms with E-state index in [4.69, 9.17) is 19.2 Å². The van der Waals surface area contributed by atoms with Crippen molar-refractivity contribution in [3.8, 4) is 5.75 Å². The van der Waals surface area contributed by atoms with E-state index < -0.39 is 5.60 Å². The maximum atomic E-state index is 13.3. The summed E-state index contributed by atoms with van der Waals surface area (Å²) in [5.74, 6) is 0.910. The van der Waals surface area contributed by atoms with E-state index >= 15 is 0 Å². The number of pyridine rings is 1. The number of fused-ring (bicyclic) bond motifs is 1. The van der Waals surface area contributed by atoms with E-state index in [0.29, 0.717) is 12.0 Å². The Kier molecular flexibility index (Phi) is 6.20. The molecule has 1 unspecified atom stereocenters. The average molecular weight is 499 g/mol. The molecule has 1 N–H and O–H groups in total. The Hall–Kier alpha value is -1.90. The fourth-order valence-electron chi connectivity index (χ4n) is 6.91. The topological polar surface area (TPSA) is 76.2 Å². The third-order valence-electron chi connectivity index (χ3n) is 8.74. The lowest BCUT2D eigenvalue weighted by Crippen LogP contribution is -2.62. The van der Waals surface area contributed by atoms with Crippen molar-refractivity contribution in [1.82, 2.24) is 20.1 Å². The molecule has 4 fully saturated rings. The Morgan fingerprint density at radius 3 is 2.75 bits per heavy atom. The predicted molar refractivity (Wildman–Crippen MR) is 136 cm³/mol. The van der Waals surface area contributed by atoms with Crippen molar-refractivity contribution >= 4 is 6.09 Å². The number of amides is 1. The molecule has 198 valence electrons. The third kappa shape index (κ3) is 4.72. The lowest BCUT2D eigenvalue weighted by Gasteiger charge is -2.54. The number of hydrogen-bond acceptors (Lipinski definition) is 7. The van der Waals surface area contributed by atoms with Gasteiger partial charge >= 0.3 is 6.09 Å². The van der Waals surface area contributed by atoms with Gasteiger partial charge in [-0.15, -0.1) is 0 Å². The molecule has 0 bridgehead atoms. The molecule has 4 aliphatic heterocycles. The molecule has 1 aromatic heterocycles. The van der Waals surface area contributed by atoms with Gasteiger partial charge in [0.2, 0.25) is 0 Å². The van der Waals surface area contributed by atoms with Gasteiger partial charge < -0.3 is 24.4 Å². The van der Waals surface area contributed by atoms with Gasteiger partial charge in [-0.05, 0) is 71.9 Å². The number of likely N-dealkylation sites (tertiary alicyclic amines) is 1. The molecule has 1 amide bonds. The molecule has 8 heteroatoms. The quantitative estimate of drug-likeness (QED) is 0.641. The van der Waals surface area contributed by atoms with E-state index in [9.17, 15) is 4.79 Å². The van der Waals surface area contributed by atoms with Gasteiger partial charge in [0, 0.05) is 62.9 Å². The highest BCUT2D eigenvalue weighted by atomic mass is 16.6. The lowest BCUT2D eigenvalue weighted by atomic mass is 9.63. The van der Waals surface area contributed by atoms with Crippen LogP contribution in [0.25, 0.3) is 0 Å². The average Bonchev–Trinajstić information content (AvgIpc) is 3.23. The summed E-state index contributed by atoms with van der Waals surface area (Å²) in [7, 11) is 0. The Bertz CT molecular complexity index is 966. The number of carbonyl (C=O) groups is 1. The predicted octanol–water partition coefficient (Wildman–Crippen LogP) is 3.69. The van der Waals surface area contributed by atoms with E-state index in [1.165, 1.54) is 12.8 Å². The van der Waals surface area contributed by atoms with Gasteiger partial charge in [0.1, 0.15) is 11.4 Å². The lowest BCUT2D eigenvalue weighted by molar-refractivity contribution is -0.111. The first-order valence-corrected chi connectivity index (χ1v) is 13.9. The van der Waals surface area contributed by atoms with Gasteiger partial charge in [0.05, 0.1) is 23.4 Å². The van der Waals surface area contributed by atoms with Gasteiger partial charge in [-0.3, -0.25) is 9.88 Å². The van der Waals surface area contributed by atoms with E-state index in [0.717, 1.165) is 88.4 Å². The molecule has 5 heterocycles. The molecule has 1 atom stereocenters. The first kappa shape index (κ1) is 24.4. The first-order valence-electron chi connectivity index (χ1n) is 13.9. The Morgan fingerprint density at radius 2 is 2.08 bits per heavy atom. The second-order valence-corrected chi connectivity index (χ2v) is 12.8. The monoisotopic (exact) mass is 498 g/mol. The van der Waals surface area contributed by atoms with Crippen LogP contribution in [0, 0.1) is 5.41 Å². The molecule has 5 aliphatic rings. The van der Waals surface area contributed by atoms with Crippen molar-refractivity contribution in [2.45, 2.75) is 89.1 Å². The van der Waals surface area contributed by atoms with Crippen LogP contribution < -0.4 is 10.1 Å². The minimum Gasteiger partial charge on any atom is -0.490 e. The van der Waals surface area contributed by atoms with Gasteiger partial charge in [-0.1, -0.05) is 0 Å². The van der Waals surface area contributed by atoms with E-state index in [1.54, 1.807) is 0 Å². The summed E-state index contributed by atoms with van der Waals surface area (Å²) < 4.78 is 18.4. The van der Waals surface area contributed by atoms with E-state index in [2.05, 4.69) is 10.2 Å². The molecule has 1 saturated carbocycles. The minimum atomic E-state index is -0.527. The molecule has 36 heavy (non-hydrogen) atoms. The van der Waals surface area contributed by atoms with Crippen molar-refractivity contribution in [2.75, 3.05) is 45.9 Å². The van der Waals surface area contributed by atoms with Crippen LogP contribution in [0.1, 0.15) is 76.6 Å². The van der Waals surface area contributed by atoms with Crippen LogP contribution in [0.3, 0.4) is 0 Å². The summed E-state index contributed by atoms with van der Waals surface area (Å²) in [6.45, 7) is 12.7. The third-order valence-corrected chi connectivity index (χ3v) is 8.74. The summed E-state index contributed by atoms with van der Waals surface area (Å²) in [5.41, 5.74) is 2.22. The van der Waals surface area contributed by atoms with Crippen LogP contribution in [0.2, 0.25) is 0 Å². The fraction of sp³-hybridized carbons (Fsp3) is 0.786. The smallest absolute Gasteiger partial charge is 0.410 e. The molecular formula is C28H42N4O4. The highest BCUT2D eigenvalue weighted by molar-refractivity contribution is 5.70. The van der Waals surface area contributed by atoms with E-state index in [-0.39, 0.29) is 23.8 Å². The largest absolute Gasteiger partial charge is 0.490 e. The number of nitrogens with one attached hydrogen (secondary N) is 1.